The molecule has 0 radical (unpaired) electrons. The molecule has 1 amide bonds. The number of likely N-dealkylation sites (N-methyl/N-ethyl adjacent to an activating group) is 1. The molecule has 1 aliphatic carbocycles. The first-order valence-corrected chi connectivity index (χ1v) is 13.2. The van der Waals surface area contributed by atoms with Crippen LogP contribution in [0.25, 0.3) is 11.0 Å². The van der Waals surface area contributed by atoms with E-state index in [1.165, 1.54) is 9.13 Å². The van der Waals surface area contributed by atoms with Crippen LogP contribution in [0.1, 0.15) is 69.0 Å². The number of hydrogen-bond acceptors (Lipinski definition) is 5. The molecule has 0 unspecified atom stereocenters. The Labute approximate surface area is 208 Å². The monoisotopic (exact) mass is 485 g/mol. The zero-order chi connectivity index (χ0) is 25.7. The smallest absolute Gasteiger partial charge is 0.336 e. The van der Waals surface area contributed by atoms with Gasteiger partial charge in [-0.1, -0.05) is 47.1 Å². The number of rotatable bonds is 10. The zero-order valence-corrected chi connectivity index (χ0v) is 22.0. The number of carbonyl (C=O) groups excluding carboxylic acids is 2. The van der Waals surface area contributed by atoms with Gasteiger partial charge in [0.15, 0.2) is 0 Å². The largest absolute Gasteiger partial charge is 0.351 e. The van der Waals surface area contributed by atoms with Crippen molar-refractivity contribution in [3.63, 3.8) is 0 Å². The van der Waals surface area contributed by atoms with Crippen molar-refractivity contribution in [1.82, 2.24) is 19.4 Å². The topological polar surface area (TPSA) is 102 Å². The number of nitrogens with zero attached hydrogens (tertiary/aromatic N) is 3. The van der Waals surface area contributed by atoms with E-state index in [4.69, 9.17) is 5.73 Å². The van der Waals surface area contributed by atoms with Gasteiger partial charge in [0, 0.05) is 32.1 Å². The van der Waals surface area contributed by atoms with Crippen LogP contribution in [0, 0.1) is 23.7 Å². The molecular weight excluding hydrogens is 442 g/mol. The minimum Gasteiger partial charge on any atom is -0.351 e. The number of hydrogen-bond donors (Lipinski definition) is 2. The minimum atomic E-state index is -0.403. The summed E-state index contributed by atoms with van der Waals surface area (Å²) in [5.74, 6) is 0.436. The van der Waals surface area contributed by atoms with Gasteiger partial charge < -0.3 is 16.0 Å². The lowest BCUT2D eigenvalue weighted by Gasteiger charge is -2.36. The highest BCUT2D eigenvalue weighted by Crippen LogP contribution is 2.39. The maximum absolute atomic E-state index is 13.9. The number of imidazole rings is 1. The molecule has 3 N–H and O–H groups in total. The number of amides is 1. The van der Waals surface area contributed by atoms with Gasteiger partial charge in [-0.15, -0.1) is 0 Å². The second-order valence-corrected chi connectivity index (χ2v) is 10.3. The Balaban J connectivity index is 2.03. The third-order valence-electron chi connectivity index (χ3n) is 7.71. The van der Waals surface area contributed by atoms with Gasteiger partial charge >= 0.3 is 5.69 Å². The SMILES string of the molecule is CCN(CC)CCNC(=O)c1cccc2c1n(CCN)c(=O)n2C(=O)[C@@H]1C[C@H](C)CC[C@H]1C(C)C. The Bertz CT molecular complexity index is 1080. The Morgan fingerprint density at radius 3 is 2.54 bits per heavy atom. The number of benzene rings is 1. The highest BCUT2D eigenvalue weighted by atomic mass is 16.2. The second-order valence-electron chi connectivity index (χ2n) is 10.3. The number of nitrogens with one attached hydrogen (secondary N) is 1. The van der Waals surface area contributed by atoms with Crippen molar-refractivity contribution >= 4 is 22.8 Å². The molecule has 1 aromatic heterocycles. The summed E-state index contributed by atoms with van der Waals surface area (Å²) in [6, 6.07) is 5.24. The minimum absolute atomic E-state index is 0.153. The summed E-state index contributed by atoms with van der Waals surface area (Å²) >= 11 is 0. The van der Waals surface area contributed by atoms with Gasteiger partial charge in [-0.05, 0) is 55.8 Å². The fraction of sp³-hybridized carbons (Fsp3) is 0.667. The molecule has 0 bridgehead atoms. The van der Waals surface area contributed by atoms with Crippen LogP contribution in [0.5, 0.6) is 0 Å². The van der Waals surface area contributed by atoms with Crippen LogP contribution in [-0.4, -0.2) is 58.6 Å². The summed E-state index contributed by atoms with van der Waals surface area (Å²) < 4.78 is 2.82. The summed E-state index contributed by atoms with van der Waals surface area (Å²) in [7, 11) is 0. The fourth-order valence-corrected chi connectivity index (χ4v) is 5.66. The summed E-state index contributed by atoms with van der Waals surface area (Å²) in [5, 5.41) is 2.99. The number of para-hydroxylation sites is 1. The van der Waals surface area contributed by atoms with Crippen LogP contribution in [0.2, 0.25) is 0 Å². The summed E-state index contributed by atoms with van der Waals surface area (Å²) in [6.07, 6.45) is 2.88. The van der Waals surface area contributed by atoms with Crippen molar-refractivity contribution in [2.24, 2.45) is 29.4 Å². The molecule has 1 heterocycles. The lowest BCUT2D eigenvalue weighted by atomic mass is 9.69. The van der Waals surface area contributed by atoms with Gasteiger partial charge in [-0.3, -0.25) is 14.2 Å². The highest BCUT2D eigenvalue weighted by molar-refractivity contribution is 6.06. The number of aromatic nitrogens is 2. The van der Waals surface area contributed by atoms with E-state index in [0.717, 1.165) is 38.9 Å². The third-order valence-corrected chi connectivity index (χ3v) is 7.71. The molecule has 8 nitrogen and oxygen atoms in total. The second kappa shape index (κ2) is 12.0. The van der Waals surface area contributed by atoms with Crippen molar-refractivity contribution in [2.45, 2.75) is 60.4 Å². The highest BCUT2D eigenvalue weighted by Gasteiger charge is 2.38. The van der Waals surface area contributed by atoms with E-state index >= 15 is 0 Å². The molecule has 3 rings (SSSR count). The Hall–Kier alpha value is -2.45. The van der Waals surface area contributed by atoms with E-state index < -0.39 is 5.69 Å². The quantitative estimate of drug-likeness (QED) is 0.538. The molecule has 0 spiro atoms. The standard InChI is InChI=1S/C27H43N5O3/c1-6-30(7-2)16-14-29-25(33)21-9-8-10-23-24(21)31(15-13-28)27(35)32(23)26(34)22-17-19(5)11-12-20(22)18(3)4/h8-10,18-20,22H,6-7,11-17,28H2,1-5H3,(H,29,33)/t19-,20+,22-/m1/s1. The van der Waals surface area contributed by atoms with E-state index in [-0.39, 0.29) is 36.7 Å². The molecule has 2 aromatic rings. The van der Waals surface area contributed by atoms with E-state index in [9.17, 15) is 14.4 Å². The maximum Gasteiger partial charge on any atom is 0.336 e. The summed E-state index contributed by atoms with van der Waals surface area (Å²) in [4.78, 5) is 42.9. The first-order chi connectivity index (χ1) is 16.7. The van der Waals surface area contributed by atoms with Gasteiger partial charge in [0.25, 0.3) is 5.91 Å². The predicted molar refractivity (Wildman–Crippen MR) is 141 cm³/mol. The average molecular weight is 486 g/mol. The van der Waals surface area contributed by atoms with Crippen molar-refractivity contribution in [3.8, 4) is 0 Å². The molecule has 1 aromatic carbocycles. The molecule has 35 heavy (non-hydrogen) atoms. The van der Waals surface area contributed by atoms with Crippen LogP contribution in [0.3, 0.4) is 0 Å². The van der Waals surface area contributed by atoms with Crippen molar-refractivity contribution < 1.29 is 9.59 Å². The Morgan fingerprint density at radius 2 is 1.91 bits per heavy atom. The predicted octanol–water partition coefficient (Wildman–Crippen LogP) is 3.18. The molecule has 194 valence electrons. The first kappa shape index (κ1) is 27.1. The number of nitrogens with two attached hydrogens (primary N) is 1. The normalized spacial score (nSPS) is 20.6. The molecular formula is C27H43N5O3. The fourth-order valence-electron chi connectivity index (χ4n) is 5.66. The van der Waals surface area contributed by atoms with Crippen molar-refractivity contribution in [1.29, 1.82) is 0 Å². The van der Waals surface area contributed by atoms with E-state index in [0.29, 0.717) is 35.0 Å². The first-order valence-electron chi connectivity index (χ1n) is 13.2. The summed E-state index contributed by atoms with van der Waals surface area (Å²) in [5.41, 5.74) is 6.81. The van der Waals surface area contributed by atoms with Crippen LogP contribution >= 0.6 is 0 Å². The number of fused-ring (bicyclic) bond motifs is 1. The molecule has 1 fully saturated rings. The lowest BCUT2D eigenvalue weighted by molar-refractivity contribution is 0.0633. The van der Waals surface area contributed by atoms with Crippen molar-refractivity contribution in [3.05, 3.63) is 34.2 Å². The third kappa shape index (κ3) is 5.70. The van der Waals surface area contributed by atoms with Crippen molar-refractivity contribution in [2.75, 3.05) is 32.7 Å². The molecule has 8 heteroatoms. The van der Waals surface area contributed by atoms with Crippen LogP contribution in [0.15, 0.2) is 23.0 Å². The molecule has 0 saturated heterocycles. The molecule has 3 atom stereocenters. The van der Waals surface area contributed by atoms with Crippen LogP contribution in [0.4, 0.5) is 0 Å². The van der Waals surface area contributed by atoms with Gasteiger partial charge in [0.05, 0.1) is 16.6 Å². The van der Waals surface area contributed by atoms with E-state index in [2.05, 4.69) is 44.8 Å². The molecule has 0 aliphatic heterocycles. The number of carbonyl (C=O) groups is 2. The Kier molecular flexibility index (Phi) is 9.30. The van der Waals surface area contributed by atoms with Gasteiger partial charge in [0.1, 0.15) is 0 Å². The Morgan fingerprint density at radius 1 is 1.20 bits per heavy atom. The summed E-state index contributed by atoms with van der Waals surface area (Å²) in [6.45, 7) is 14.2. The average Bonchev–Trinajstić information content (AvgIpc) is 3.12. The van der Waals surface area contributed by atoms with Crippen LogP contribution < -0.4 is 16.7 Å². The molecule has 1 aliphatic rings. The van der Waals surface area contributed by atoms with E-state index in [1.807, 2.05) is 0 Å². The van der Waals surface area contributed by atoms with Gasteiger partial charge in [0.2, 0.25) is 5.91 Å². The van der Waals surface area contributed by atoms with Gasteiger partial charge in [-0.25, -0.2) is 9.36 Å². The van der Waals surface area contributed by atoms with Crippen LogP contribution in [-0.2, 0) is 6.54 Å². The van der Waals surface area contributed by atoms with Gasteiger partial charge in [-0.2, -0.15) is 0 Å². The van der Waals surface area contributed by atoms with E-state index in [1.54, 1.807) is 18.2 Å². The molecule has 1 saturated carbocycles. The lowest BCUT2D eigenvalue weighted by Crippen LogP contribution is -2.40. The maximum atomic E-state index is 13.9. The zero-order valence-electron chi connectivity index (χ0n) is 22.0.